The number of carbonyl (C=O) groups excluding carboxylic acids is 1. The minimum Gasteiger partial charge on any atom is -0.486 e. The smallest absolute Gasteiger partial charge is 0.326 e. The molecular weight excluding hydrogens is 362 g/mol. The number of aliphatic carboxylic acids is 1. The van der Waals surface area contributed by atoms with Crippen LogP contribution in [0.5, 0.6) is 11.5 Å². The number of hydrogen-bond acceptors (Lipinski definition) is 6. The van der Waals surface area contributed by atoms with Crippen molar-refractivity contribution in [2.45, 2.75) is 37.6 Å². The average Bonchev–Trinajstić information content (AvgIpc) is 2.58. The fourth-order valence-corrected chi connectivity index (χ4v) is 3.77. The van der Waals surface area contributed by atoms with E-state index < -0.39 is 33.5 Å². The van der Waals surface area contributed by atoms with E-state index in [0.717, 1.165) is 0 Å². The molecule has 0 saturated carbocycles. The Kier molecular flexibility index (Phi) is 6.47. The molecule has 1 heterocycles. The van der Waals surface area contributed by atoms with Crippen molar-refractivity contribution < 1.29 is 32.6 Å². The first-order valence-corrected chi connectivity index (χ1v) is 9.99. The number of nitrogens with one attached hydrogen (secondary N) is 1. The number of carboxylic acid groups (broad SMARTS) is 1. The lowest BCUT2D eigenvalue weighted by Crippen LogP contribution is -2.42. The number of hydrogen-bond donors (Lipinski definition) is 2. The molecule has 0 spiro atoms. The monoisotopic (exact) mass is 385 g/mol. The largest absolute Gasteiger partial charge is 0.486 e. The van der Waals surface area contributed by atoms with E-state index in [1.54, 1.807) is 0 Å². The van der Waals surface area contributed by atoms with Gasteiger partial charge in [-0.15, -0.1) is 0 Å². The minimum absolute atomic E-state index is 0.0338. The highest BCUT2D eigenvalue weighted by atomic mass is 32.2. The molecule has 2 rings (SSSR count). The Morgan fingerprint density at radius 2 is 1.85 bits per heavy atom. The van der Waals surface area contributed by atoms with Gasteiger partial charge in [-0.05, 0) is 24.5 Å². The molecule has 0 bridgehead atoms. The summed E-state index contributed by atoms with van der Waals surface area (Å²) in [4.78, 5) is 23.2. The van der Waals surface area contributed by atoms with Gasteiger partial charge in [-0.25, -0.2) is 13.2 Å². The van der Waals surface area contributed by atoms with E-state index in [1.807, 2.05) is 13.8 Å². The van der Waals surface area contributed by atoms with E-state index in [1.165, 1.54) is 18.2 Å². The summed E-state index contributed by atoms with van der Waals surface area (Å²) in [5.74, 6) is -1.26. The average molecular weight is 385 g/mol. The molecule has 1 aliphatic rings. The van der Waals surface area contributed by atoms with Gasteiger partial charge < -0.3 is 19.9 Å². The molecule has 0 aromatic heterocycles. The molecule has 0 saturated heterocycles. The maximum Gasteiger partial charge on any atom is 0.326 e. The number of rotatable bonds is 8. The van der Waals surface area contributed by atoms with Crippen LogP contribution in [0.2, 0.25) is 0 Å². The molecule has 0 aliphatic carbocycles. The van der Waals surface area contributed by atoms with Gasteiger partial charge in [0.2, 0.25) is 5.91 Å². The molecular formula is C17H23NO7S. The first-order chi connectivity index (χ1) is 12.2. The van der Waals surface area contributed by atoms with Gasteiger partial charge in [0, 0.05) is 12.5 Å². The van der Waals surface area contributed by atoms with Crippen LogP contribution in [0.25, 0.3) is 0 Å². The van der Waals surface area contributed by atoms with E-state index in [0.29, 0.717) is 24.7 Å². The summed E-state index contributed by atoms with van der Waals surface area (Å²) < 4.78 is 35.6. The van der Waals surface area contributed by atoms with Crippen LogP contribution >= 0.6 is 0 Å². The van der Waals surface area contributed by atoms with Crippen molar-refractivity contribution in [3.63, 3.8) is 0 Å². The molecule has 1 unspecified atom stereocenters. The standard InChI is InChI=1S/C17H23NO7S/c1-11(2)9-13(17(20)21)18-16(19)5-8-26(22,23)12-3-4-14-15(10-12)25-7-6-24-14/h3-4,10-11,13H,5-9H2,1-2H3,(H,18,19)(H,20,21). The van der Waals surface area contributed by atoms with E-state index in [-0.39, 0.29) is 23.7 Å². The first kappa shape index (κ1) is 20.0. The first-order valence-electron chi connectivity index (χ1n) is 8.33. The van der Waals surface area contributed by atoms with Crippen molar-refractivity contribution in [3.05, 3.63) is 18.2 Å². The molecule has 144 valence electrons. The van der Waals surface area contributed by atoms with Crippen molar-refractivity contribution in [2.24, 2.45) is 5.92 Å². The molecule has 1 aliphatic heterocycles. The number of carboxylic acids is 1. The number of fused-ring (bicyclic) bond motifs is 1. The zero-order valence-electron chi connectivity index (χ0n) is 14.7. The fraction of sp³-hybridized carbons (Fsp3) is 0.529. The second-order valence-corrected chi connectivity index (χ2v) is 8.57. The molecule has 0 fully saturated rings. The van der Waals surface area contributed by atoms with Crippen LogP contribution in [0.3, 0.4) is 0 Å². The van der Waals surface area contributed by atoms with Crippen LogP contribution in [0.4, 0.5) is 0 Å². The number of amides is 1. The second-order valence-electron chi connectivity index (χ2n) is 6.46. The van der Waals surface area contributed by atoms with Crippen LogP contribution < -0.4 is 14.8 Å². The Balaban J connectivity index is 1.99. The van der Waals surface area contributed by atoms with Crippen molar-refractivity contribution in [1.82, 2.24) is 5.32 Å². The van der Waals surface area contributed by atoms with Crippen LogP contribution in [0, 0.1) is 5.92 Å². The van der Waals surface area contributed by atoms with E-state index in [2.05, 4.69) is 5.32 Å². The third kappa shape index (κ3) is 5.35. The lowest BCUT2D eigenvalue weighted by molar-refractivity contribution is -0.142. The maximum absolute atomic E-state index is 12.4. The van der Waals surface area contributed by atoms with Gasteiger partial charge in [0.1, 0.15) is 19.3 Å². The lowest BCUT2D eigenvalue weighted by Gasteiger charge is -2.19. The molecule has 1 aromatic rings. The normalized spacial score (nSPS) is 14.7. The van der Waals surface area contributed by atoms with Crippen LogP contribution in [0.1, 0.15) is 26.7 Å². The van der Waals surface area contributed by atoms with Gasteiger partial charge in [0.25, 0.3) is 0 Å². The summed E-state index contributed by atoms with van der Waals surface area (Å²) in [7, 11) is -3.71. The second kappa shape index (κ2) is 8.39. The summed E-state index contributed by atoms with van der Waals surface area (Å²) in [5, 5.41) is 11.5. The highest BCUT2D eigenvalue weighted by molar-refractivity contribution is 7.91. The molecule has 1 amide bonds. The quantitative estimate of drug-likeness (QED) is 0.691. The molecule has 0 radical (unpaired) electrons. The van der Waals surface area contributed by atoms with Gasteiger partial charge in [-0.3, -0.25) is 4.79 Å². The Morgan fingerprint density at radius 1 is 1.19 bits per heavy atom. The maximum atomic E-state index is 12.4. The number of ether oxygens (including phenoxy) is 2. The summed E-state index contributed by atoms with van der Waals surface area (Å²) in [6.07, 6.45) is -0.0470. The summed E-state index contributed by atoms with van der Waals surface area (Å²) in [6.45, 7) is 4.43. The molecule has 8 nitrogen and oxygen atoms in total. The molecule has 9 heteroatoms. The predicted octanol–water partition coefficient (Wildman–Crippen LogP) is 1.24. The molecule has 1 aromatic carbocycles. The highest BCUT2D eigenvalue weighted by Crippen LogP contribution is 2.32. The van der Waals surface area contributed by atoms with Crippen molar-refractivity contribution in [2.75, 3.05) is 19.0 Å². The highest BCUT2D eigenvalue weighted by Gasteiger charge is 2.24. The fourth-order valence-electron chi connectivity index (χ4n) is 2.52. The summed E-state index contributed by atoms with van der Waals surface area (Å²) >= 11 is 0. The number of sulfone groups is 1. The summed E-state index contributed by atoms with van der Waals surface area (Å²) in [5.41, 5.74) is 0. The predicted molar refractivity (Wildman–Crippen MR) is 93.1 cm³/mol. The zero-order chi connectivity index (χ0) is 19.3. The molecule has 1 atom stereocenters. The lowest BCUT2D eigenvalue weighted by atomic mass is 10.0. The van der Waals surface area contributed by atoms with E-state index in [9.17, 15) is 18.0 Å². The van der Waals surface area contributed by atoms with Gasteiger partial charge in [0.05, 0.1) is 10.6 Å². The zero-order valence-corrected chi connectivity index (χ0v) is 15.5. The van der Waals surface area contributed by atoms with Gasteiger partial charge in [0.15, 0.2) is 21.3 Å². The van der Waals surface area contributed by atoms with Crippen molar-refractivity contribution >= 4 is 21.7 Å². The third-order valence-electron chi connectivity index (χ3n) is 3.81. The number of benzene rings is 1. The van der Waals surface area contributed by atoms with Crippen LogP contribution in [-0.2, 0) is 19.4 Å². The third-order valence-corrected chi connectivity index (χ3v) is 5.52. The van der Waals surface area contributed by atoms with E-state index in [4.69, 9.17) is 14.6 Å². The number of carbonyl (C=O) groups is 2. The SMILES string of the molecule is CC(C)CC(NC(=O)CCS(=O)(=O)c1ccc2c(c1)OCCO2)C(=O)O. The Morgan fingerprint density at radius 3 is 2.46 bits per heavy atom. The minimum atomic E-state index is -3.71. The van der Waals surface area contributed by atoms with Crippen LogP contribution in [-0.4, -0.2) is 50.4 Å². The van der Waals surface area contributed by atoms with Gasteiger partial charge >= 0.3 is 5.97 Å². The van der Waals surface area contributed by atoms with E-state index >= 15 is 0 Å². The van der Waals surface area contributed by atoms with Crippen molar-refractivity contribution in [3.8, 4) is 11.5 Å². The Labute approximate surface area is 152 Å². The molecule has 2 N–H and O–H groups in total. The van der Waals surface area contributed by atoms with Crippen LogP contribution in [0.15, 0.2) is 23.1 Å². The van der Waals surface area contributed by atoms with Gasteiger partial charge in [-0.1, -0.05) is 13.8 Å². The van der Waals surface area contributed by atoms with Gasteiger partial charge in [-0.2, -0.15) is 0 Å². The Hall–Kier alpha value is -2.29. The van der Waals surface area contributed by atoms with Crippen molar-refractivity contribution in [1.29, 1.82) is 0 Å². The molecule has 26 heavy (non-hydrogen) atoms. The Bertz CT molecular complexity index is 773. The summed E-state index contributed by atoms with van der Waals surface area (Å²) in [6, 6.07) is 3.27. The topological polar surface area (TPSA) is 119 Å².